The maximum absolute atomic E-state index is 6.37. The first kappa shape index (κ1) is 33.9. The van der Waals surface area contributed by atoms with Gasteiger partial charge in [0.15, 0.2) is 0 Å². The minimum absolute atomic E-state index is 0. The van der Waals surface area contributed by atoms with Crippen LogP contribution in [0.25, 0.3) is 28.1 Å². The Morgan fingerprint density at radius 1 is 0.500 bits per heavy atom. The zero-order valence-electron chi connectivity index (χ0n) is 29.9. The van der Waals surface area contributed by atoms with Crippen molar-refractivity contribution < 1.29 is 25.8 Å². The van der Waals surface area contributed by atoms with E-state index in [0.717, 1.165) is 73.2 Å². The Balaban J connectivity index is 0.00000384. The molecular weight excluding hydrogens is 868 g/mol. The van der Waals surface area contributed by atoms with Gasteiger partial charge >= 0.3 is 21.1 Å². The molecule has 56 heavy (non-hydrogen) atoms. The van der Waals surface area contributed by atoms with E-state index in [-0.39, 0.29) is 27.8 Å². The summed E-state index contributed by atoms with van der Waals surface area (Å²) in [5.74, 6) is 1.95. The third kappa shape index (κ3) is 5.46. The maximum atomic E-state index is 6.37. The predicted octanol–water partition coefficient (Wildman–Crippen LogP) is 9.56. The summed E-state index contributed by atoms with van der Waals surface area (Å²) in [6.45, 7) is -0.224. The van der Waals surface area contributed by atoms with Gasteiger partial charge in [-0.3, -0.25) is 4.98 Å². The van der Waals surface area contributed by atoms with Gasteiger partial charge in [0.25, 0.3) is 0 Å². The molecule has 0 saturated carbocycles. The van der Waals surface area contributed by atoms with Crippen LogP contribution in [0.1, 0.15) is 0 Å². The molecule has 2 aromatic heterocycles. The normalized spacial score (nSPS) is 12.4. The first-order valence-corrected chi connectivity index (χ1v) is 18.4. The molecule has 7 aromatic carbocycles. The summed E-state index contributed by atoms with van der Waals surface area (Å²) in [5, 5.41) is 0. The van der Waals surface area contributed by atoms with E-state index < -0.39 is 0 Å². The average Bonchev–Trinajstić information content (AvgIpc) is 3.65. The van der Waals surface area contributed by atoms with Crippen molar-refractivity contribution in [2.45, 2.75) is 0 Å². The summed E-state index contributed by atoms with van der Waals surface area (Å²) < 4.78 is 8.60. The molecule has 8 heteroatoms. The molecule has 0 radical (unpaired) electrons. The van der Waals surface area contributed by atoms with E-state index in [1.54, 1.807) is 6.20 Å². The zero-order chi connectivity index (χ0) is 36.3. The molecule has 6 nitrogen and oxygen atoms in total. The van der Waals surface area contributed by atoms with Gasteiger partial charge in [-0.15, -0.1) is 47.4 Å². The number of nitrogens with zero attached hydrogens (tertiary/aromatic N) is 5. The van der Waals surface area contributed by atoms with Crippen molar-refractivity contribution in [3.63, 3.8) is 0 Å². The van der Waals surface area contributed by atoms with Crippen LogP contribution in [0.2, 0.25) is 0 Å². The number of pyridine rings is 1. The van der Waals surface area contributed by atoms with Crippen molar-refractivity contribution in [3.8, 4) is 28.7 Å². The van der Waals surface area contributed by atoms with E-state index >= 15 is 0 Å². The van der Waals surface area contributed by atoms with Crippen molar-refractivity contribution >= 4 is 68.3 Å². The summed E-state index contributed by atoms with van der Waals surface area (Å²) in [5.41, 5.74) is 13.6. The van der Waals surface area contributed by atoms with Crippen molar-refractivity contribution in [1.29, 1.82) is 0 Å². The largest absolute Gasteiger partial charge is 2.00 e. The molecule has 0 fully saturated rings. The number of rotatable bonds is 6. The Kier molecular flexibility index (Phi) is 8.38. The Labute approximate surface area is 339 Å². The Morgan fingerprint density at radius 3 is 1.75 bits per heavy atom. The number of benzene rings is 7. The first-order valence-electron chi connectivity index (χ1n) is 18.4. The molecule has 0 bridgehead atoms. The number of imidazole rings is 1. The molecule has 266 valence electrons. The number of ether oxygens (including phenoxy) is 1. The fourth-order valence-corrected chi connectivity index (χ4v) is 8.20. The molecule has 0 saturated heterocycles. The first-order chi connectivity index (χ1) is 27.3. The molecule has 4 heterocycles. The van der Waals surface area contributed by atoms with Gasteiger partial charge in [0.05, 0.1) is 16.9 Å². The Bertz CT molecular complexity index is 2860. The second kappa shape index (κ2) is 13.9. The van der Waals surface area contributed by atoms with E-state index in [9.17, 15) is 0 Å². The predicted molar refractivity (Wildman–Crippen MR) is 223 cm³/mol. The topological polar surface area (TPSA) is 46.4 Å². The maximum Gasteiger partial charge on any atom is 2.00 e. The standard InChI is InChI=1S/C48H30BN5O.Pt/c1-4-15-34(16-5-1)52-41-28-26-33(48-51-40-21-10-11-22-43(40)54(48)36-19-8-3-9-20-36)31-38(41)49-39-32-37(55-46-25-12-13-30-50-46)27-29-42(39)53(35-17-6-2-7-18-35)45-24-14-23-44(52)47(45)49;/h1-30H;/q-2;+2. The number of aromatic nitrogens is 3. The minimum atomic E-state index is -0.224. The second-order valence-corrected chi connectivity index (χ2v) is 13.6. The van der Waals surface area contributed by atoms with Gasteiger partial charge in [0.2, 0.25) is 12.6 Å². The van der Waals surface area contributed by atoms with Gasteiger partial charge in [-0.25, -0.2) is 4.98 Å². The summed E-state index contributed by atoms with van der Waals surface area (Å²) in [6, 6.07) is 68.5. The van der Waals surface area contributed by atoms with Gasteiger partial charge in [0.1, 0.15) is 0 Å². The molecule has 9 aromatic rings. The molecule has 2 aliphatic heterocycles. The number of hydrogen-bond acceptors (Lipinski definition) is 5. The summed E-state index contributed by atoms with van der Waals surface area (Å²) in [6.07, 6.45) is 1.74. The molecule has 0 N–H and O–H groups in total. The van der Waals surface area contributed by atoms with Crippen molar-refractivity contribution in [3.05, 3.63) is 194 Å². The molecular formula is C48H30BN5OPt. The smallest absolute Gasteiger partial charge is 0.466 e. The SMILES string of the molecule is [Pt+2].[c-]1c(Oc2ccccn2)ccc2c1B1c3[c-]c(-c4nc5ccccc5n4-c4ccccc4)ccc3N(c3ccccc3)c3cccc(c31)N2c1ccccc1. The Hall–Kier alpha value is -6.69. The number of fused-ring (bicyclic) bond motifs is 5. The minimum Gasteiger partial charge on any atom is -0.466 e. The van der Waals surface area contributed by atoms with Crippen LogP contribution in [0.15, 0.2) is 182 Å². The molecule has 0 amide bonds. The van der Waals surface area contributed by atoms with E-state index in [4.69, 9.17) is 9.72 Å². The molecule has 0 spiro atoms. The molecule has 11 rings (SSSR count). The number of anilines is 6. The monoisotopic (exact) mass is 898 g/mol. The van der Waals surface area contributed by atoms with E-state index in [1.165, 1.54) is 5.46 Å². The molecule has 0 atom stereocenters. The Morgan fingerprint density at radius 2 is 1.09 bits per heavy atom. The van der Waals surface area contributed by atoms with Gasteiger partial charge in [-0.2, -0.15) is 5.46 Å². The van der Waals surface area contributed by atoms with E-state index in [1.807, 2.05) is 36.4 Å². The van der Waals surface area contributed by atoms with Crippen LogP contribution < -0.4 is 30.9 Å². The summed E-state index contributed by atoms with van der Waals surface area (Å²) in [7, 11) is 0. The van der Waals surface area contributed by atoms with Crippen LogP contribution in [-0.2, 0) is 21.1 Å². The average molecular weight is 899 g/mol. The second-order valence-electron chi connectivity index (χ2n) is 13.6. The number of para-hydroxylation sites is 5. The fourth-order valence-electron chi connectivity index (χ4n) is 8.20. The molecule has 0 aliphatic carbocycles. The molecule has 0 unspecified atom stereocenters. The third-order valence-corrected chi connectivity index (χ3v) is 10.5. The summed E-state index contributed by atoms with van der Waals surface area (Å²) in [4.78, 5) is 14.4. The van der Waals surface area contributed by atoms with Crippen molar-refractivity contribution in [1.82, 2.24) is 14.5 Å². The van der Waals surface area contributed by atoms with E-state index in [2.05, 4.69) is 171 Å². The van der Waals surface area contributed by atoms with Gasteiger partial charge in [-0.05, 0) is 77.9 Å². The van der Waals surface area contributed by atoms with Crippen molar-refractivity contribution in [2.24, 2.45) is 0 Å². The van der Waals surface area contributed by atoms with Crippen LogP contribution >= 0.6 is 0 Å². The fraction of sp³-hybridized carbons (Fsp3) is 0. The summed E-state index contributed by atoms with van der Waals surface area (Å²) >= 11 is 0. The quantitative estimate of drug-likeness (QED) is 0.123. The van der Waals surface area contributed by atoms with Crippen LogP contribution in [0.3, 0.4) is 0 Å². The number of hydrogen-bond donors (Lipinski definition) is 0. The van der Waals surface area contributed by atoms with Gasteiger partial charge < -0.3 is 19.1 Å². The van der Waals surface area contributed by atoms with Crippen LogP contribution in [0.4, 0.5) is 34.1 Å². The van der Waals surface area contributed by atoms with Crippen LogP contribution in [0.5, 0.6) is 11.6 Å². The van der Waals surface area contributed by atoms with E-state index in [0.29, 0.717) is 11.6 Å². The zero-order valence-corrected chi connectivity index (χ0v) is 32.1. The van der Waals surface area contributed by atoms with Gasteiger partial charge in [0, 0.05) is 46.4 Å². The van der Waals surface area contributed by atoms with Crippen LogP contribution in [-0.4, -0.2) is 21.2 Å². The van der Waals surface area contributed by atoms with Crippen molar-refractivity contribution in [2.75, 3.05) is 9.80 Å². The van der Waals surface area contributed by atoms with Gasteiger partial charge in [-0.1, -0.05) is 84.6 Å². The van der Waals surface area contributed by atoms with Crippen LogP contribution in [0, 0.1) is 12.1 Å². The third-order valence-electron chi connectivity index (χ3n) is 10.5. The molecule has 2 aliphatic rings.